The van der Waals surface area contributed by atoms with Crippen molar-refractivity contribution in [2.75, 3.05) is 6.54 Å². The van der Waals surface area contributed by atoms with Gasteiger partial charge in [-0.05, 0) is 17.5 Å². The van der Waals surface area contributed by atoms with Crippen LogP contribution in [0.15, 0.2) is 60.7 Å². The maximum atomic E-state index is 16.4. The monoisotopic (exact) mass is 589 g/mol. The molecule has 10 atom stereocenters. The highest BCUT2D eigenvalue weighted by molar-refractivity contribution is 5.67. The van der Waals surface area contributed by atoms with E-state index in [9.17, 15) is 9.59 Å². The molecule has 1 saturated heterocycles. The van der Waals surface area contributed by atoms with Gasteiger partial charge in [-0.1, -0.05) is 60.7 Å². The van der Waals surface area contributed by atoms with Gasteiger partial charge in [0, 0.05) is 32.5 Å². The molecule has 2 fully saturated rings. The Morgan fingerprint density at radius 2 is 1.29 bits per heavy atom. The predicted molar refractivity (Wildman–Crippen MR) is 149 cm³/mol. The summed E-state index contributed by atoms with van der Waals surface area (Å²) in [6, 6.07) is 17.1. The number of hydrogen-bond acceptors (Lipinski definition) is 11. The van der Waals surface area contributed by atoms with Gasteiger partial charge in [-0.2, -0.15) is 0 Å². The van der Waals surface area contributed by atoms with Crippen LogP contribution in [0.2, 0.25) is 0 Å². The summed E-state index contributed by atoms with van der Waals surface area (Å²) in [6.07, 6.45) is -9.41. The highest BCUT2D eigenvalue weighted by Gasteiger charge is 2.53. The van der Waals surface area contributed by atoms with E-state index < -0.39 is 73.1 Å². The molecule has 1 heterocycles. The first kappa shape index (κ1) is 32.0. The standard InChI is InChI=1S/C30H40FN3O8/c1-17(35)39-25-21(33)13-22(34)26(29(25)40-18(2)36)42-30-28(38-16-20-11-7-4-8-12-20)24(31)27(23(14-32)41-30)37-15-19-9-5-3-6-10-19/h3-12,21-30H,13-16,32-34H2,1-2H3/t21-,22+,23-,24+,25+,26-,27-,28-,29-,30-/m1/s1. The summed E-state index contributed by atoms with van der Waals surface area (Å²) in [4.78, 5) is 23.9. The minimum Gasteiger partial charge on any atom is -0.457 e. The minimum absolute atomic E-state index is 0.0544. The van der Waals surface area contributed by atoms with Crippen LogP contribution in [0.4, 0.5) is 4.39 Å². The lowest BCUT2D eigenvalue weighted by atomic mass is 9.84. The molecule has 230 valence electrons. The van der Waals surface area contributed by atoms with E-state index in [-0.39, 0.29) is 26.2 Å². The Balaban J connectivity index is 1.60. The summed E-state index contributed by atoms with van der Waals surface area (Å²) in [5.41, 5.74) is 20.3. The van der Waals surface area contributed by atoms with Crippen LogP contribution in [0.5, 0.6) is 0 Å². The van der Waals surface area contributed by atoms with Crippen LogP contribution in [0.1, 0.15) is 31.4 Å². The van der Waals surface area contributed by atoms with Crippen LogP contribution >= 0.6 is 0 Å². The zero-order valence-corrected chi connectivity index (χ0v) is 23.8. The summed E-state index contributed by atoms with van der Waals surface area (Å²) in [7, 11) is 0. The summed E-state index contributed by atoms with van der Waals surface area (Å²) in [5, 5.41) is 0. The molecule has 0 bridgehead atoms. The first-order chi connectivity index (χ1) is 20.2. The Labute approximate surface area is 244 Å². The summed E-state index contributed by atoms with van der Waals surface area (Å²) in [5.74, 6) is -1.28. The molecule has 11 nitrogen and oxygen atoms in total. The number of alkyl halides is 1. The number of carbonyl (C=O) groups excluding carboxylic acids is 2. The van der Waals surface area contributed by atoms with Gasteiger partial charge in [-0.15, -0.1) is 0 Å². The Bertz CT molecular complexity index is 1150. The SMILES string of the molecule is CC(=O)O[C@@H]1[C@@H](OC(C)=O)[C@H](N)C[C@H](N)[C@H]1O[C@H]1O[C@H](CN)[C@@H](OCc2ccccc2)[C@H](F)[C@H]1OCc1ccccc1. The van der Waals surface area contributed by atoms with Crippen molar-refractivity contribution in [1.29, 1.82) is 0 Å². The maximum absolute atomic E-state index is 16.4. The summed E-state index contributed by atoms with van der Waals surface area (Å²) in [6.45, 7) is 2.53. The number of halogens is 1. The second-order valence-electron chi connectivity index (χ2n) is 10.6. The maximum Gasteiger partial charge on any atom is 0.303 e. The number of esters is 2. The average molecular weight is 590 g/mol. The minimum atomic E-state index is -1.72. The van der Waals surface area contributed by atoms with E-state index in [2.05, 4.69) is 0 Å². The molecule has 1 aliphatic carbocycles. The molecule has 1 aliphatic heterocycles. The third kappa shape index (κ3) is 8.10. The first-order valence-electron chi connectivity index (χ1n) is 14.0. The lowest BCUT2D eigenvalue weighted by Gasteiger charge is -2.47. The second kappa shape index (κ2) is 15.0. The fraction of sp³-hybridized carbons (Fsp3) is 0.533. The fourth-order valence-corrected chi connectivity index (χ4v) is 5.33. The van der Waals surface area contributed by atoms with Crippen molar-refractivity contribution in [2.24, 2.45) is 17.2 Å². The van der Waals surface area contributed by atoms with Crippen LogP contribution in [0, 0.1) is 0 Å². The van der Waals surface area contributed by atoms with Crippen molar-refractivity contribution in [3.63, 3.8) is 0 Å². The highest BCUT2D eigenvalue weighted by Crippen LogP contribution is 2.34. The van der Waals surface area contributed by atoms with Gasteiger partial charge >= 0.3 is 11.9 Å². The molecule has 0 aromatic heterocycles. The van der Waals surface area contributed by atoms with Crippen LogP contribution < -0.4 is 17.2 Å². The Morgan fingerprint density at radius 1 is 0.786 bits per heavy atom. The highest BCUT2D eigenvalue weighted by atomic mass is 19.1. The quantitative estimate of drug-likeness (QED) is 0.325. The average Bonchev–Trinajstić information content (AvgIpc) is 2.96. The van der Waals surface area contributed by atoms with Gasteiger partial charge in [0.2, 0.25) is 0 Å². The molecule has 42 heavy (non-hydrogen) atoms. The Morgan fingerprint density at radius 3 is 1.81 bits per heavy atom. The normalized spacial score (nSPS) is 33.1. The van der Waals surface area contributed by atoms with Gasteiger partial charge in [0.25, 0.3) is 0 Å². The van der Waals surface area contributed by atoms with Gasteiger partial charge < -0.3 is 45.6 Å². The molecule has 4 rings (SSSR count). The van der Waals surface area contributed by atoms with Crippen LogP contribution in [-0.2, 0) is 51.2 Å². The molecular formula is C30H40FN3O8. The van der Waals surface area contributed by atoms with E-state index in [4.69, 9.17) is 45.6 Å². The van der Waals surface area contributed by atoms with E-state index in [1.165, 1.54) is 13.8 Å². The number of rotatable bonds is 11. The second-order valence-corrected chi connectivity index (χ2v) is 10.6. The van der Waals surface area contributed by atoms with Crippen molar-refractivity contribution >= 4 is 11.9 Å². The van der Waals surface area contributed by atoms with Crippen molar-refractivity contribution in [1.82, 2.24) is 0 Å². The lowest BCUT2D eigenvalue weighted by Crippen LogP contribution is -2.67. The Kier molecular flexibility index (Phi) is 11.4. The molecular weight excluding hydrogens is 549 g/mol. The van der Waals surface area contributed by atoms with Crippen LogP contribution in [-0.4, -0.2) is 79.7 Å². The molecule has 2 aliphatic rings. The third-order valence-corrected chi connectivity index (χ3v) is 7.31. The molecule has 6 N–H and O–H groups in total. The predicted octanol–water partition coefficient (Wildman–Crippen LogP) is 1.49. The molecule has 0 radical (unpaired) electrons. The van der Waals surface area contributed by atoms with Crippen LogP contribution in [0.25, 0.3) is 0 Å². The van der Waals surface area contributed by atoms with Crippen molar-refractivity contribution in [3.8, 4) is 0 Å². The van der Waals surface area contributed by atoms with E-state index in [1.807, 2.05) is 60.7 Å². The van der Waals surface area contributed by atoms with E-state index in [0.717, 1.165) is 11.1 Å². The van der Waals surface area contributed by atoms with Gasteiger partial charge in [-0.3, -0.25) is 9.59 Å². The van der Waals surface area contributed by atoms with Gasteiger partial charge in [-0.25, -0.2) is 4.39 Å². The van der Waals surface area contributed by atoms with Crippen molar-refractivity contribution in [3.05, 3.63) is 71.8 Å². The molecule has 12 heteroatoms. The van der Waals surface area contributed by atoms with E-state index in [1.54, 1.807) is 0 Å². The van der Waals surface area contributed by atoms with Crippen molar-refractivity contribution in [2.45, 2.75) is 94.7 Å². The molecule has 2 aromatic carbocycles. The Hall–Kier alpha value is -2.97. The number of nitrogens with two attached hydrogens (primary N) is 3. The van der Waals surface area contributed by atoms with Crippen LogP contribution in [0.3, 0.4) is 0 Å². The third-order valence-electron chi connectivity index (χ3n) is 7.31. The lowest BCUT2D eigenvalue weighted by molar-refractivity contribution is -0.325. The van der Waals surface area contributed by atoms with Crippen molar-refractivity contribution < 1.29 is 42.4 Å². The molecule has 0 spiro atoms. The number of carbonyl (C=O) groups is 2. The molecule has 0 amide bonds. The zero-order valence-electron chi connectivity index (χ0n) is 23.8. The summed E-state index contributed by atoms with van der Waals surface area (Å²) >= 11 is 0. The largest absolute Gasteiger partial charge is 0.457 e. The summed E-state index contributed by atoms with van der Waals surface area (Å²) < 4.78 is 51.9. The van der Waals surface area contributed by atoms with Gasteiger partial charge in [0.15, 0.2) is 24.7 Å². The molecule has 1 saturated carbocycles. The zero-order chi connectivity index (χ0) is 30.2. The van der Waals surface area contributed by atoms with Gasteiger partial charge in [0.05, 0.1) is 13.2 Å². The first-order valence-corrected chi connectivity index (χ1v) is 14.0. The smallest absolute Gasteiger partial charge is 0.303 e. The number of hydrogen-bond donors (Lipinski definition) is 3. The number of benzene rings is 2. The van der Waals surface area contributed by atoms with E-state index in [0.29, 0.717) is 0 Å². The van der Waals surface area contributed by atoms with E-state index >= 15 is 4.39 Å². The number of ether oxygens (including phenoxy) is 6. The molecule has 0 unspecified atom stereocenters. The fourth-order valence-electron chi connectivity index (χ4n) is 5.33. The topological polar surface area (TPSA) is 168 Å². The van der Waals surface area contributed by atoms with Gasteiger partial charge in [0.1, 0.15) is 24.4 Å². The molecule has 2 aromatic rings.